The zero-order valence-corrected chi connectivity index (χ0v) is 27.8. The van der Waals surface area contributed by atoms with E-state index >= 15 is 4.39 Å². The maximum atomic E-state index is 17.2. The van der Waals surface area contributed by atoms with Gasteiger partial charge < -0.3 is 20.1 Å². The SMILES string of the molecule is C[C@H]1CN2CCCC2(COc2nc3c4c(c(Cl)c(-c5ccc(F)c6sc(N)c(C#N)c56)c(F)c4n2)OCCC2CC(F)(F)CCCN32)C1. The third-order valence-corrected chi connectivity index (χ3v) is 11.9. The fourth-order valence-corrected chi connectivity index (χ4v) is 9.77. The minimum Gasteiger partial charge on any atom is -0.491 e. The summed E-state index contributed by atoms with van der Waals surface area (Å²) in [4.78, 5) is 13.6. The number of nitrogens with zero attached hydrogens (tertiary/aromatic N) is 5. The van der Waals surface area contributed by atoms with Crippen molar-refractivity contribution in [2.75, 3.05) is 43.5 Å². The van der Waals surface area contributed by atoms with Crippen LogP contribution in [0.25, 0.3) is 32.1 Å². The van der Waals surface area contributed by atoms with E-state index in [0.29, 0.717) is 12.5 Å². The number of hydrogen-bond acceptors (Lipinski definition) is 9. The van der Waals surface area contributed by atoms with E-state index in [0.717, 1.165) is 43.7 Å². The Hall–Kier alpha value is -3.60. The summed E-state index contributed by atoms with van der Waals surface area (Å²) in [5.41, 5.74) is 5.77. The van der Waals surface area contributed by atoms with Crippen molar-refractivity contribution in [1.82, 2.24) is 14.9 Å². The van der Waals surface area contributed by atoms with Crippen LogP contribution in [0.3, 0.4) is 0 Å². The first-order chi connectivity index (χ1) is 23.0. The van der Waals surface area contributed by atoms with Crippen LogP contribution in [-0.4, -0.2) is 65.2 Å². The van der Waals surface area contributed by atoms with E-state index in [-0.39, 0.29) is 103 Å². The highest BCUT2D eigenvalue weighted by molar-refractivity contribution is 7.23. The molecule has 2 unspecified atom stereocenters. The fourth-order valence-electron chi connectivity index (χ4n) is 8.49. The number of benzene rings is 2. The molecule has 4 aromatic rings. The highest BCUT2D eigenvalue weighted by Gasteiger charge is 2.48. The van der Waals surface area contributed by atoms with Gasteiger partial charge in [-0.05, 0) is 49.8 Å². The van der Waals surface area contributed by atoms with Gasteiger partial charge in [0.2, 0.25) is 5.92 Å². The number of ether oxygens (including phenoxy) is 2. The van der Waals surface area contributed by atoms with Crippen LogP contribution in [0.15, 0.2) is 12.1 Å². The standard InChI is InChI=1S/C34H33ClF4N6O2S/c1-17-12-33(7-2-9-44(33)15-17)16-47-32-42-27-24-28(46-11-6-18-13-34(38,39)8-3-10-45(18)31(24)43-32)25(35)23(26(27)37)19-4-5-21(36)29-22(19)20(14-40)30(41)48-29/h4-5,17-18H,2-3,6-13,15-16,41H2,1H3/t17-,18?,33?/m1/s1. The Morgan fingerprint density at radius 1 is 1.17 bits per heavy atom. The van der Waals surface area contributed by atoms with Gasteiger partial charge in [-0.3, -0.25) is 4.90 Å². The van der Waals surface area contributed by atoms with Crippen molar-refractivity contribution in [2.24, 2.45) is 5.92 Å². The second-order valence-corrected chi connectivity index (χ2v) is 15.1. The van der Waals surface area contributed by atoms with Crippen LogP contribution in [0, 0.1) is 28.9 Å². The van der Waals surface area contributed by atoms with Gasteiger partial charge in [0.1, 0.15) is 34.8 Å². The van der Waals surface area contributed by atoms with Gasteiger partial charge in [0.05, 0.1) is 32.8 Å². The summed E-state index contributed by atoms with van der Waals surface area (Å²) in [6.45, 7) is 4.75. The van der Waals surface area contributed by atoms with Crippen LogP contribution in [-0.2, 0) is 0 Å². The molecule has 8 rings (SSSR count). The number of alkyl halides is 2. The molecule has 252 valence electrons. The maximum absolute atomic E-state index is 17.2. The molecule has 0 bridgehead atoms. The number of nitrogen functional groups attached to an aromatic ring is 1. The number of fused-ring (bicyclic) bond motifs is 4. The number of anilines is 2. The fraction of sp³-hybridized carbons (Fsp3) is 0.500. The predicted octanol–water partition coefficient (Wildman–Crippen LogP) is 7.93. The molecule has 0 radical (unpaired) electrons. The third-order valence-electron chi connectivity index (χ3n) is 10.5. The van der Waals surface area contributed by atoms with Gasteiger partial charge >= 0.3 is 6.01 Å². The van der Waals surface area contributed by atoms with Gasteiger partial charge in [0, 0.05) is 49.3 Å². The van der Waals surface area contributed by atoms with Crippen molar-refractivity contribution >= 4 is 54.7 Å². The predicted molar refractivity (Wildman–Crippen MR) is 177 cm³/mol. The first kappa shape index (κ1) is 31.7. The van der Waals surface area contributed by atoms with Gasteiger partial charge in [-0.25, -0.2) is 17.6 Å². The lowest BCUT2D eigenvalue weighted by molar-refractivity contribution is -0.0187. The summed E-state index contributed by atoms with van der Waals surface area (Å²) in [6, 6.07) is 3.85. The Kier molecular flexibility index (Phi) is 7.58. The van der Waals surface area contributed by atoms with Crippen molar-refractivity contribution in [2.45, 2.75) is 69.4 Å². The number of aromatic nitrogens is 2. The second kappa shape index (κ2) is 11.5. The largest absolute Gasteiger partial charge is 0.491 e. The molecule has 2 aromatic heterocycles. The van der Waals surface area contributed by atoms with E-state index in [9.17, 15) is 18.4 Å². The van der Waals surface area contributed by atoms with Crippen LogP contribution >= 0.6 is 22.9 Å². The molecule has 4 aliphatic heterocycles. The van der Waals surface area contributed by atoms with Crippen LogP contribution in [0.1, 0.15) is 57.4 Å². The van der Waals surface area contributed by atoms with Crippen molar-refractivity contribution in [1.29, 1.82) is 5.26 Å². The Morgan fingerprint density at radius 3 is 2.79 bits per heavy atom. The second-order valence-electron chi connectivity index (χ2n) is 13.7. The van der Waals surface area contributed by atoms with Crippen molar-refractivity contribution < 1.29 is 27.0 Å². The third kappa shape index (κ3) is 4.93. The zero-order chi connectivity index (χ0) is 33.5. The highest BCUT2D eigenvalue weighted by Crippen LogP contribution is 2.52. The summed E-state index contributed by atoms with van der Waals surface area (Å²) in [6.07, 6.45) is 2.73. The van der Waals surface area contributed by atoms with Crippen LogP contribution in [0.2, 0.25) is 5.02 Å². The molecular weight excluding hydrogens is 668 g/mol. The number of nitriles is 1. The summed E-state index contributed by atoms with van der Waals surface area (Å²) in [5.74, 6) is -3.53. The molecule has 0 saturated carbocycles. The molecule has 4 aliphatic rings. The molecule has 2 aromatic carbocycles. The molecule has 3 atom stereocenters. The van der Waals surface area contributed by atoms with Crippen molar-refractivity contribution in [3.63, 3.8) is 0 Å². The van der Waals surface area contributed by atoms with E-state index in [1.54, 1.807) is 4.90 Å². The van der Waals surface area contributed by atoms with Gasteiger partial charge in [-0.2, -0.15) is 15.2 Å². The van der Waals surface area contributed by atoms with Crippen LogP contribution in [0.4, 0.5) is 28.4 Å². The average Bonchev–Trinajstić information content (AvgIpc) is 3.65. The monoisotopic (exact) mass is 700 g/mol. The van der Waals surface area contributed by atoms with Gasteiger partial charge in [0.15, 0.2) is 11.6 Å². The molecule has 6 heterocycles. The topological polar surface area (TPSA) is 101 Å². The Bertz CT molecular complexity index is 2020. The van der Waals surface area contributed by atoms with Crippen molar-refractivity contribution in [3.8, 4) is 29.0 Å². The van der Waals surface area contributed by atoms with E-state index < -0.39 is 30.0 Å². The highest BCUT2D eigenvalue weighted by atomic mass is 35.5. The normalized spacial score (nSPS) is 25.2. The van der Waals surface area contributed by atoms with E-state index in [2.05, 4.69) is 16.8 Å². The Balaban J connectivity index is 1.36. The molecule has 0 aliphatic carbocycles. The van der Waals surface area contributed by atoms with E-state index in [1.807, 2.05) is 6.07 Å². The first-order valence-corrected chi connectivity index (χ1v) is 17.5. The number of nitrogens with two attached hydrogens (primary N) is 1. The van der Waals surface area contributed by atoms with Crippen molar-refractivity contribution in [3.05, 3.63) is 34.4 Å². The van der Waals surface area contributed by atoms with Gasteiger partial charge in [0.25, 0.3) is 0 Å². The van der Waals surface area contributed by atoms with E-state index in [1.165, 1.54) is 12.1 Å². The number of rotatable bonds is 4. The molecule has 8 nitrogen and oxygen atoms in total. The number of hydrogen-bond donors (Lipinski definition) is 1. The van der Waals surface area contributed by atoms with Crippen LogP contribution in [0.5, 0.6) is 11.8 Å². The Labute approximate surface area is 283 Å². The molecule has 14 heteroatoms. The Morgan fingerprint density at radius 2 is 1.98 bits per heavy atom. The quantitative estimate of drug-likeness (QED) is 0.214. The minimum absolute atomic E-state index is 0.00977. The molecule has 0 spiro atoms. The average molecular weight is 701 g/mol. The lowest BCUT2D eigenvalue weighted by Gasteiger charge is -2.35. The van der Waals surface area contributed by atoms with Gasteiger partial charge in [-0.15, -0.1) is 11.3 Å². The molecule has 3 fully saturated rings. The molecule has 2 N–H and O–H groups in total. The van der Waals surface area contributed by atoms with Gasteiger partial charge in [-0.1, -0.05) is 24.6 Å². The summed E-state index contributed by atoms with van der Waals surface area (Å²) < 4.78 is 74.7. The molecule has 48 heavy (non-hydrogen) atoms. The smallest absolute Gasteiger partial charge is 0.319 e. The lowest BCUT2D eigenvalue weighted by Crippen LogP contribution is -2.43. The first-order valence-electron chi connectivity index (χ1n) is 16.3. The molecular formula is C34H33ClF4N6O2S. The molecule has 3 saturated heterocycles. The summed E-state index contributed by atoms with van der Waals surface area (Å²) in [5, 5.41) is 10.2. The van der Waals surface area contributed by atoms with Crippen LogP contribution < -0.4 is 20.1 Å². The summed E-state index contributed by atoms with van der Waals surface area (Å²) in [7, 11) is 0. The van der Waals surface area contributed by atoms with E-state index in [4.69, 9.17) is 31.8 Å². The maximum Gasteiger partial charge on any atom is 0.319 e. The minimum atomic E-state index is -2.88. The lowest BCUT2D eigenvalue weighted by atomic mass is 9.92. The summed E-state index contributed by atoms with van der Waals surface area (Å²) >= 11 is 7.91. The number of thiophene rings is 1. The zero-order valence-electron chi connectivity index (χ0n) is 26.2. The molecule has 0 amide bonds. The number of halogens is 5.